The van der Waals surface area contributed by atoms with Gasteiger partial charge in [-0.25, -0.2) is 0 Å². The quantitative estimate of drug-likeness (QED) is 0.731. The zero-order valence-corrected chi connectivity index (χ0v) is 17.6. The van der Waals surface area contributed by atoms with Crippen molar-refractivity contribution in [3.8, 4) is 0 Å². The third-order valence-corrected chi connectivity index (χ3v) is 7.27. The number of hydrogen-bond acceptors (Lipinski definition) is 4. The van der Waals surface area contributed by atoms with E-state index >= 15 is 0 Å². The highest BCUT2D eigenvalue weighted by Gasteiger charge is 2.24. The second kappa shape index (κ2) is 9.09. The molecule has 1 aliphatic carbocycles. The number of carbonyl (C=O) groups is 2. The van der Waals surface area contributed by atoms with Gasteiger partial charge in [-0.1, -0.05) is 24.6 Å². The Balaban J connectivity index is 1.46. The van der Waals surface area contributed by atoms with E-state index in [9.17, 15) is 9.59 Å². The highest BCUT2D eigenvalue weighted by molar-refractivity contribution is 7.14. The van der Waals surface area contributed by atoms with Gasteiger partial charge in [-0.3, -0.25) is 14.5 Å². The van der Waals surface area contributed by atoms with Crippen LogP contribution >= 0.6 is 11.3 Å². The van der Waals surface area contributed by atoms with E-state index in [4.69, 9.17) is 5.73 Å². The number of para-hydroxylation sites is 1. The predicted octanol–water partition coefficient (Wildman–Crippen LogP) is 3.97. The maximum Gasteiger partial charge on any atom is 0.265 e. The summed E-state index contributed by atoms with van der Waals surface area (Å²) < 4.78 is 0. The fourth-order valence-electron chi connectivity index (χ4n) is 4.42. The molecule has 2 heterocycles. The molecular weight excluding hydrogens is 382 g/mol. The molecule has 154 valence electrons. The number of piperidine rings is 1. The van der Waals surface area contributed by atoms with Crippen LogP contribution in [0.1, 0.15) is 57.8 Å². The lowest BCUT2D eigenvalue weighted by molar-refractivity contribution is -0.123. The molecule has 5 nitrogen and oxygen atoms in total. The zero-order valence-electron chi connectivity index (χ0n) is 16.8. The van der Waals surface area contributed by atoms with E-state index in [1.165, 1.54) is 29.7 Å². The minimum absolute atomic E-state index is 0.0239. The minimum Gasteiger partial charge on any atom is -0.369 e. The molecule has 2 aliphatic rings. The van der Waals surface area contributed by atoms with Gasteiger partial charge in [0.2, 0.25) is 5.91 Å². The number of primary amides is 1. The van der Waals surface area contributed by atoms with Crippen LogP contribution < -0.4 is 11.1 Å². The van der Waals surface area contributed by atoms with Crippen molar-refractivity contribution >= 4 is 28.8 Å². The van der Waals surface area contributed by atoms with Crippen LogP contribution in [0.4, 0.5) is 5.69 Å². The largest absolute Gasteiger partial charge is 0.369 e. The average molecular weight is 412 g/mol. The maximum atomic E-state index is 12.9. The molecule has 2 aromatic rings. The van der Waals surface area contributed by atoms with Crippen LogP contribution in [0, 0.1) is 5.92 Å². The van der Waals surface area contributed by atoms with E-state index in [-0.39, 0.29) is 17.7 Å². The number of amides is 2. The zero-order chi connectivity index (χ0) is 20.2. The van der Waals surface area contributed by atoms with Crippen LogP contribution in [0.3, 0.4) is 0 Å². The van der Waals surface area contributed by atoms with Gasteiger partial charge in [-0.15, -0.1) is 11.3 Å². The van der Waals surface area contributed by atoms with Gasteiger partial charge in [-0.05, 0) is 68.3 Å². The summed E-state index contributed by atoms with van der Waals surface area (Å²) in [5, 5.41) is 3.13. The van der Waals surface area contributed by atoms with E-state index in [0.717, 1.165) is 48.4 Å². The van der Waals surface area contributed by atoms with Crippen LogP contribution in [-0.4, -0.2) is 29.8 Å². The Labute approximate surface area is 176 Å². The molecule has 3 N–H and O–H groups in total. The van der Waals surface area contributed by atoms with Gasteiger partial charge in [0.05, 0.1) is 10.8 Å². The van der Waals surface area contributed by atoms with Gasteiger partial charge >= 0.3 is 0 Å². The summed E-state index contributed by atoms with van der Waals surface area (Å²) in [7, 11) is 0. The van der Waals surface area contributed by atoms with Crippen molar-refractivity contribution in [2.24, 2.45) is 11.7 Å². The number of aryl methyl sites for hydroxylation is 2. The molecular formula is C23H29N3O2S. The SMILES string of the molecule is NC(=O)C1CCCN(Cc2ccccc2NC(=O)c2cc3c(s2)CCCCC3)C1. The molecule has 0 radical (unpaired) electrons. The summed E-state index contributed by atoms with van der Waals surface area (Å²) in [6.07, 6.45) is 7.75. The predicted molar refractivity (Wildman–Crippen MR) is 117 cm³/mol. The molecule has 1 saturated heterocycles. The summed E-state index contributed by atoms with van der Waals surface area (Å²) in [5.41, 5.74) is 8.79. The second-order valence-electron chi connectivity index (χ2n) is 8.21. The number of fused-ring (bicyclic) bond motifs is 1. The maximum absolute atomic E-state index is 12.9. The Morgan fingerprint density at radius 1 is 1.14 bits per heavy atom. The van der Waals surface area contributed by atoms with Crippen LogP contribution in [-0.2, 0) is 24.2 Å². The van der Waals surface area contributed by atoms with Gasteiger partial charge in [0.25, 0.3) is 5.91 Å². The number of nitrogens with zero attached hydrogens (tertiary/aromatic N) is 1. The molecule has 0 spiro atoms. The van der Waals surface area contributed by atoms with Crippen molar-refractivity contribution in [3.63, 3.8) is 0 Å². The monoisotopic (exact) mass is 411 g/mol. The van der Waals surface area contributed by atoms with Crippen molar-refractivity contribution < 1.29 is 9.59 Å². The molecule has 0 bridgehead atoms. The first-order valence-corrected chi connectivity index (χ1v) is 11.4. The molecule has 4 rings (SSSR count). The number of anilines is 1. The van der Waals surface area contributed by atoms with E-state index in [0.29, 0.717) is 13.1 Å². The van der Waals surface area contributed by atoms with Crippen LogP contribution in [0.5, 0.6) is 0 Å². The van der Waals surface area contributed by atoms with Gasteiger partial charge in [0.15, 0.2) is 0 Å². The van der Waals surface area contributed by atoms with Gasteiger partial charge in [0.1, 0.15) is 0 Å². The highest BCUT2D eigenvalue weighted by atomic mass is 32.1. The fraction of sp³-hybridized carbons (Fsp3) is 0.478. The van der Waals surface area contributed by atoms with Crippen molar-refractivity contribution in [1.82, 2.24) is 4.90 Å². The number of likely N-dealkylation sites (tertiary alicyclic amines) is 1. The molecule has 29 heavy (non-hydrogen) atoms. The van der Waals surface area contributed by atoms with Crippen molar-refractivity contribution in [1.29, 1.82) is 0 Å². The minimum atomic E-state index is -0.214. The van der Waals surface area contributed by atoms with E-state index in [1.807, 2.05) is 24.3 Å². The van der Waals surface area contributed by atoms with E-state index in [2.05, 4.69) is 16.3 Å². The summed E-state index contributed by atoms with van der Waals surface area (Å²) in [5.74, 6) is -0.315. The average Bonchev–Trinajstić information content (AvgIpc) is 3.00. The molecule has 2 amide bonds. The van der Waals surface area contributed by atoms with Crippen molar-refractivity contribution in [2.75, 3.05) is 18.4 Å². The summed E-state index contributed by atoms with van der Waals surface area (Å²) in [6, 6.07) is 10.0. The number of thiophene rings is 1. The standard InChI is InChI=1S/C23H29N3O2S/c24-22(27)18-9-6-12-26(15-18)14-17-8-4-5-10-19(17)25-23(28)21-13-16-7-2-1-3-11-20(16)29-21/h4-5,8,10,13,18H,1-3,6-7,9,11-12,14-15H2,(H2,24,27)(H,25,28). The smallest absolute Gasteiger partial charge is 0.265 e. The Morgan fingerprint density at radius 2 is 1.97 bits per heavy atom. The second-order valence-corrected chi connectivity index (χ2v) is 9.34. The Kier molecular flexibility index (Phi) is 6.31. The first kappa shape index (κ1) is 20.1. The van der Waals surface area contributed by atoms with Crippen LogP contribution in [0.25, 0.3) is 0 Å². The number of carbonyl (C=O) groups excluding carboxylic acids is 2. The topological polar surface area (TPSA) is 75.4 Å². The Hall–Kier alpha value is -2.18. The van der Waals surface area contributed by atoms with E-state index < -0.39 is 0 Å². The lowest BCUT2D eigenvalue weighted by atomic mass is 9.97. The van der Waals surface area contributed by atoms with E-state index in [1.54, 1.807) is 11.3 Å². The normalized spacial score (nSPS) is 19.9. The lowest BCUT2D eigenvalue weighted by Gasteiger charge is -2.31. The summed E-state index contributed by atoms with van der Waals surface area (Å²) >= 11 is 1.65. The molecule has 1 fully saturated rings. The number of nitrogens with one attached hydrogen (secondary N) is 1. The molecule has 1 aromatic carbocycles. The molecule has 0 saturated carbocycles. The lowest BCUT2D eigenvalue weighted by Crippen LogP contribution is -2.40. The Morgan fingerprint density at radius 3 is 2.83 bits per heavy atom. The fourth-order valence-corrected chi connectivity index (χ4v) is 5.56. The molecule has 6 heteroatoms. The van der Waals surface area contributed by atoms with Crippen LogP contribution in [0.2, 0.25) is 0 Å². The third kappa shape index (κ3) is 4.87. The summed E-state index contributed by atoms with van der Waals surface area (Å²) in [6.45, 7) is 2.35. The first-order chi connectivity index (χ1) is 14.1. The number of rotatable bonds is 5. The molecule has 1 atom stereocenters. The molecule has 1 aliphatic heterocycles. The number of nitrogens with two attached hydrogens (primary N) is 1. The number of benzene rings is 1. The highest BCUT2D eigenvalue weighted by Crippen LogP contribution is 2.30. The summed E-state index contributed by atoms with van der Waals surface area (Å²) in [4.78, 5) is 28.9. The molecule has 1 unspecified atom stereocenters. The van der Waals surface area contributed by atoms with Crippen LogP contribution in [0.15, 0.2) is 30.3 Å². The molecule has 1 aromatic heterocycles. The van der Waals surface area contributed by atoms with Gasteiger partial charge < -0.3 is 11.1 Å². The first-order valence-electron chi connectivity index (χ1n) is 10.6. The number of hydrogen-bond donors (Lipinski definition) is 2. The van der Waals surface area contributed by atoms with Crippen molar-refractivity contribution in [3.05, 3.63) is 51.2 Å². The van der Waals surface area contributed by atoms with Gasteiger partial charge in [0, 0.05) is 23.7 Å². The van der Waals surface area contributed by atoms with Crippen molar-refractivity contribution in [2.45, 2.75) is 51.5 Å². The Bertz CT molecular complexity index is 868. The third-order valence-electron chi connectivity index (χ3n) is 6.04. The van der Waals surface area contributed by atoms with Gasteiger partial charge in [-0.2, -0.15) is 0 Å².